The number of hydrogen-bond donors (Lipinski definition) is 0. The van der Waals surface area contributed by atoms with Crippen molar-refractivity contribution >= 4 is 10.0 Å². The van der Waals surface area contributed by atoms with Crippen LogP contribution in [-0.4, -0.2) is 32.0 Å². The second-order valence-electron chi connectivity index (χ2n) is 7.40. The molecule has 1 aromatic rings. The highest BCUT2D eigenvalue weighted by molar-refractivity contribution is 7.90. The maximum absolute atomic E-state index is 14.5. The molecule has 1 saturated carbocycles. The van der Waals surface area contributed by atoms with Crippen molar-refractivity contribution in [3.8, 4) is 0 Å². The van der Waals surface area contributed by atoms with E-state index in [1.54, 1.807) is 0 Å². The Bertz CT molecular complexity index is 779. The van der Waals surface area contributed by atoms with E-state index in [1.165, 1.54) is 0 Å². The van der Waals surface area contributed by atoms with Crippen LogP contribution in [-0.2, 0) is 14.8 Å². The summed E-state index contributed by atoms with van der Waals surface area (Å²) in [6, 6.07) is 2.75. The third-order valence-corrected chi connectivity index (χ3v) is 8.49. The van der Waals surface area contributed by atoms with E-state index in [1.807, 2.05) is 0 Å². The molecule has 1 aliphatic heterocycles. The van der Waals surface area contributed by atoms with Gasteiger partial charge in [0, 0.05) is 18.7 Å². The monoisotopic (exact) mass is 411 g/mol. The zero-order chi connectivity index (χ0) is 19.9. The Labute approximate surface area is 155 Å². The van der Waals surface area contributed by atoms with E-state index < -0.39 is 38.5 Å². The Kier molecular flexibility index (Phi) is 5.55. The van der Waals surface area contributed by atoms with E-state index in [0.717, 1.165) is 28.9 Å². The van der Waals surface area contributed by atoms with Crippen molar-refractivity contribution in [3.05, 3.63) is 35.4 Å². The predicted molar refractivity (Wildman–Crippen MR) is 90.4 cm³/mol. The lowest BCUT2D eigenvalue weighted by atomic mass is 9.82. The Balaban J connectivity index is 1.97. The minimum absolute atomic E-state index is 0.134. The molecule has 0 atom stereocenters. The first kappa shape index (κ1) is 20.5. The molecule has 1 aromatic carbocycles. The first-order valence-electron chi connectivity index (χ1n) is 9.10. The Morgan fingerprint density at radius 2 is 1.59 bits per heavy atom. The molecule has 1 aliphatic carbocycles. The fraction of sp³-hybridized carbons (Fsp3) is 0.667. The number of halogens is 5. The van der Waals surface area contributed by atoms with Gasteiger partial charge in [-0.1, -0.05) is 19.3 Å². The van der Waals surface area contributed by atoms with Crippen LogP contribution in [0.15, 0.2) is 18.2 Å². The summed E-state index contributed by atoms with van der Waals surface area (Å²) >= 11 is 0. The molecule has 0 spiro atoms. The quantitative estimate of drug-likeness (QED) is 0.675. The third kappa shape index (κ3) is 3.72. The molecule has 3 rings (SSSR count). The van der Waals surface area contributed by atoms with Crippen molar-refractivity contribution < 1.29 is 30.4 Å². The van der Waals surface area contributed by atoms with E-state index in [2.05, 4.69) is 0 Å². The van der Waals surface area contributed by atoms with Crippen molar-refractivity contribution in [1.82, 2.24) is 4.31 Å². The molecule has 0 amide bonds. The van der Waals surface area contributed by atoms with Gasteiger partial charge in [0.2, 0.25) is 10.0 Å². The molecule has 0 unspecified atom stereocenters. The predicted octanol–water partition coefficient (Wildman–Crippen LogP) is 4.73. The van der Waals surface area contributed by atoms with Gasteiger partial charge in [0.05, 0.1) is 5.92 Å². The van der Waals surface area contributed by atoms with Gasteiger partial charge in [-0.15, -0.1) is 0 Å². The first-order valence-corrected chi connectivity index (χ1v) is 10.5. The minimum atomic E-state index is -4.35. The van der Waals surface area contributed by atoms with Crippen LogP contribution >= 0.6 is 0 Å². The summed E-state index contributed by atoms with van der Waals surface area (Å²) in [5.74, 6) is -3.06. The van der Waals surface area contributed by atoms with Crippen LogP contribution in [0.5, 0.6) is 0 Å². The van der Waals surface area contributed by atoms with Crippen LogP contribution in [0.2, 0.25) is 0 Å². The van der Waals surface area contributed by atoms with Crippen molar-refractivity contribution in [2.24, 2.45) is 5.92 Å². The van der Waals surface area contributed by atoms with Gasteiger partial charge in [0.15, 0.2) is 0 Å². The zero-order valence-corrected chi connectivity index (χ0v) is 15.6. The van der Waals surface area contributed by atoms with Crippen LogP contribution in [0.25, 0.3) is 0 Å². The highest BCUT2D eigenvalue weighted by atomic mass is 32.2. The highest BCUT2D eigenvalue weighted by Gasteiger charge is 2.52. The highest BCUT2D eigenvalue weighted by Crippen LogP contribution is 2.47. The first-order chi connectivity index (χ1) is 12.6. The average Bonchev–Trinajstić information content (AvgIpc) is 2.63. The van der Waals surface area contributed by atoms with Crippen molar-refractivity contribution in [2.45, 2.75) is 55.9 Å². The summed E-state index contributed by atoms with van der Waals surface area (Å²) in [7, 11) is -4.15. The van der Waals surface area contributed by atoms with Gasteiger partial charge in [-0.25, -0.2) is 21.5 Å². The van der Waals surface area contributed by atoms with Crippen LogP contribution in [0, 0.1) is 17.6 Å². The van der Waals surface area contributed by atoms with Gasteiger partial charge in [-0.3, -0.25) is 0 Å². The summed E-state index contributed by atoms with van der Waals surface area (Å²) in [4.78, 5) is 0. The lowest BCUT2D eigenvalue weighted by Gasteiger charge is -2.43. The molecule has 3 nitrogen and oxygen atoms in total. The van der Waals surface area contributed by atoms with E-state index in [4.69, 9.17) is 0 Å². The molecule has 152 valence electrons. The molecule has 2 aliphatic rings. The Morgan fingerprint density at radius 1 is 1.00 bits per heavy atom. The van der Waals surface area contributed by atoms with Crippen LogP contribution in [0.1, 0.15) is 50.5 Å². The van der Waals surface area contributed by atoms with Gasteiger partial charge in [0.1, 0.15) is 16.4 Å². The number of sulfonamides is 1. The normalized spacial score (nSPS) is 22.7. The number of alkyl halides is 3. The second kappa shape index (κ2) is 7.31. The van der Waals surface area contributed by atoms with E-state index in [0.29, 0.717) is 12.8 Å². The standard InChI is InChI=1S/C18H22F5NO2S/c19-14-4-5-16(20)15(12-14)17(8-2-1-3-9-17)27(25,26)24-10-6-13(7-11-24)18(21,22)23/h4-5,12-13H,1-3,6-11H2. The van der Waals surface area contributed by atoms with Crippen LogP contribution < -0.4 is 0 Å². The molecular formula is C18H22F5NO2S. The third-order valence-electron chi connectivity index (χ3n) is 5.83. The Hall–Kier alpha value is -1.22. The molecule has 0 radical (unpaired) electrons. The largest absolute Gasteiger partial charge is 0.391 e. The number of piperidine rings is 1. The maximum Gasteiger partial charge on any atom is 0.391 e. The fourth-order valence-corrected chi connectivity index (χ4v) is 6.73. The molecule has 1 saturated heterocycles. The van der Waals surface area contributed by atoms with E-state index >= 15 is 0 Å². The lowest BCUT2D eigenvalue weighted by Crippen LogP contribution is -2.51. The number of hydrogen-bond acceptors (Lipinski definition) is 2. The molecule has 9 heteroatoms. The topological polar surface area (TPSA) is 37.4 Å². The molecule has 27 heavy (non-hydrogen) atoms. The number of nitrogens with zero attached hydrogens (tertiary/aromatic N) is 1. The fourth-order valence-electron chi connectivity index (χ4n) is 4.31. The van der Waals surface area contributed by atoms with Crippen molar-refractivity contribution in [3.63, 3.8) is 0 Å². The number of rotatable bonds is 3. The summed E-state index contributed by atoms with van der Waals surface area (Å²) in [5, 5.41) is 0. The van der Waals surface area contributed by atoms with Crippen molar-refractivity contribution in [1.29, 1.82) is 0 Å². The molecule has 0 aromatic heterocycles. The SMILES string of the molecule is O=S(=O)(N1CCC(C(F)(F)F)CC1)C1(c2cc(F)ccc2F)CCCCC1. The van der Waals surface area contributed by atoms with Gasteiger partial charge in [-0.2, -0.15) is 13.2 Å². The average molecular weight is 411 g/mol. The summed E-state index contributed by atoms with van der Waals surface area (Å²) in [5.41, 5.74) is -0.208. The molecule has 1 heterocycles. The van der Waals surface area contributed by atoms with Gasteiger partial charge in [-0.05, 0) is 43.9 Å². The van der Waals surface area contributed by atoms with Gasteiger partial charge in [0.25, 0.3) is 0 Å². The zero-order valence-electron chi connectivity index (χ0n) is 14.7. The minimum Gasteiger partial charge on any atom is -0.211 e. The smallest absolute Gasteiger partial charge is 0.211 e. The van der Waals surface area contributed by atoms with Gasteiger partial charge < -0.3 is 0 Å². The van der Waals surface area contributed by atoms with E-state index in [9.17, 15) is 30.4 Å². The summed E-state index contributed by atoms with van der Waals surface area (Å²) < 4.78 is 93.3. The molecule has 2 fully saturated rings. The van der Waals surface area contributed by atoms with E-state index in [-0.39, 0.29) is 44.3 Å². The van der Waals surface area contributed by atoms with Crippen molar-refractivity contribution in [2.75, 3.05) is 13.1 Å². The summed E-state index contributed by atoms with van der Waals surface area (Å²) in [6.45, 7) is -0.517. The summed E-state index contributed by atoms with van der Waals surface area (Å²) in [6.07, 6.45) is -2.86. The molecule has 0 bridgehead atoms. The van der Waals surface area contributed by atoms with Gasteiger partial charge >= 0.3 is 6.18 Å². The molecule has 0 N–H and O–H groups in total. The molecular weight excluding hydrogens is 389 g/mol. The second-order valence-corrected chi connectivity index (χ2v) is 9.65. The Morgan fingerprint density at radius 3 is 2.15 bits per heavy atom. The van der Waals surface area contributed by atoms with Crippen LogP contribution in [0.3, 0.4) is 0 Å². The van der Waals surface area contributed by atoms with Crippen LogP contribution in [0.4, 0.5) is 22.0 Å². The maximum atomic E-state index is 14.5. The lowest BCUT2D eigenvalue weighted by molar-refractivity contribution is -0.182. The number of benzene rings is 1.